The molecule has 2 heterocycles. The SMILES string of the molecule is CCC1(C)CC(CN)(N2CCc3ccccc32)CCO1. The Balaban J connectivity index is 1.94. The third kappa shape index (κ3) is 2.13. The van der Waals surface area contributed by atoms with E-state index in [2.05, 4.69) is 43.0 Å². The van der Waals surface area contributed by atoms with E-state index in [1.807, 2.05) is 0 Å². The molecule has 0 amide bonds. The molecule has 0 radical (unpaired) electrons. The first-order valence-corrected chi connectivity index (χ1v) is 7.82. The lowest BCUT2D eigenvalue weighted by Gasteiger charge is -2.51. The Morgan fingerprint density at radius 2 is 2.15 bits per heavy atom. The van der Waals surface area contributed by atoms with Crippen molar-refractivity contribution >= 4 is 5.69 Å². The van der Waals surface area contributed by atoms with Crippen molar-refractivity contribution in [1.29, 1.82) is 0 Å². The van der Waals surface area contributed by atoms with E-state index >= 15 is 0 Å². The second-order valence-electron chi connectivity index (χ2n) is 6.54. The molecule has 2 aliphatic heterocycles. The molecule has 1 fully saturated rings. The van der Waals surface area contributed by atoms with Gasteiger partial charge >= 0.3 is 0 Å². The summed E-state index contributed by atoms with van der Waals surface area (Å²) in [5, 5.41) is 0. The second kappa shape index (κ2) is 5.05. The van der Waals surface area contributed by atoms with Crippen LogP contribution in [-0.4, -0.2) is 30.8 Å². The first kappa shape index (κ1) is 13.9. The van der Waals surface area contributed by atoms with Gasteiger partial charge in [-0.3, -0.25) is 0 Å². The Hall–Kier alpha value is -1.06. The van der Waals surface area contributed by atoms with Gasteiger partial charge < -0.3 is 15.4 Å². The van der Waals surface area contributed by atoms with Crippen molar-refractivity contribution in [2.75, 3.05) is 24.6 Å². The van der Waals surface area contributed by atoms with Crippen LogP contribution in [0.5, 0.6) is 0 Å². The third-order valence-corrected chi connectivity index (χ3v) is 5.31. The Bertz CT molecular complexity index is 490. The fraction of sp³-hybridized carbons (Fsp3) is 0.647. The minimum absolute atomic E-state index is 0.0326. The van der Waals surface area contributed by atoms with Gasteiger partial charge in [0, 0.05) is 31.8 Å². The fourth-order valence-electron chi connectivity index (χ4n) is 3.90. The van der Waals surface area contributed by atoms with Crippen LogP contribution < -0.4 is 10.6 Å². The summed E-state index contributed by atoms with van der Waals surface area (Å²) in [6.07, 6.45) is 4.25. The number of anilines is 1. The van der Waals surface area contributed by atoms with Gasteiger partial charge in [0.15, 0.2) is 0 Å². The van der Waals surface area contributed by atoms with Crippen LogP contribution in [0, 0.1) is 0 Å². The maximum Gasteiger partial charge on any atom is 0.0674 e. The normalized spacial score (nSPS) is 33.2. The highest BCUT2D eigenvalue weighted by Gasteiger charge is 2.46. The number of hydrogen-bond acceptors (Lipinski definition) is 3. The first-order chi connectivity index (χ1) is 9.62. The molecule has 1 saturated heterocycles. The molecule has 2 atom stereocenters. The van der Waals surface area contributed by atoms with Gasteiger partial charge in [-0.1, -0.05) is 25.1 Å². The maximum absolute atomic E-state index is 6.25. The number of nitrogens with two attached hydrogens (primary N) is 1. The molecule has 0 spiro atoms. The molecule has 3 nitrogen and oxygen atoms in total. The van der Waals surface area contributed by atoms with Gasteiger partial charge in [0.25, 0.3) is 0 Å². The van der Waals surface area contributed by atoms with Crippen LogP contribution in [0.15, 0.2) is 24.3 Å². The van der Waals surface area contributed by atoms with Crippen molar-refractivity contribution in [3.05, 3.63) is 29.8 Å². The van der Waals surface area contributed by atoms with Gasteiger partial charge in [-0.15, -0.1) is 0 Å². The largest absolute Gasteiger partial charge is 0.375 e. The zero-order valence-corrected chi connectivity index (χ0v) is 12.7. The van der Waals surface area contributed by atoms with Crippen LogP contribution in [0.1, 0.15) is 38.7 Å². The van der Waals surface area contributed by atoms with E-state index in [9.17, 15) is 0 Å². The summed E-state index contributed by atoms with van der Waals surface area (Å²) in [5.41, 5.74) is 9.14. The molecule has 0 aliphatic carbocycles. The third-order valence-electron chi connectivity index (χ3n) is 5.31. The first-order valence-electron chi connectivity index (χ1n) is 7.82. The van der Waals surface area contributed by atoms with E-state index in [1.54, 1.807) is 0 Å². The van der Waals surface area contributed by atoms with E-state index < -0.39 is 0 Å². The van der Waals surface area contributed by atoms with Crippen molar-refractivity contribution in [3.8, 4) is 0 Å². The summed E-state index contributed by atoms with van der Waals surface area (Å²) in [7, 11) is 0. The van der Waals surface area contributed by atoms with E-state index in [4.69, 9.17) is 10.5 Å². The van der Waals surface area contributed by atoms with Gasteiger partial charge in [-0.2, -0.15) is 0 Å². The van der Waals surface area contributed by atoms with Crippen molar-refractivity contribution in [1.82, 2.24) is 0 Å². The zero-order valence-electron chi connectivity index (χ0n) is 12.7. The highest BCUT2D eigenvalue weighted by atomic mass is 16.5. The monoisotopic (exact) mass is 274 g/mol. The second-order valence-corrected chi connectivity index (χ2v) is 6.54. The summed E-state index contributed by atoms with van der Waals surface area (Å²) in [4.78, 5) is 2.57. The van der Waals surface area contributed by atoms with Gasteiger partial charge in [0.05, 0.1) is 11.1 Å². The topological polar surface area (TPSA) is 38.5 Å². The summed E-state index contributed by atoms with van der Waals surface area (Å²) >= 11 is 0. The molecular weight excluding hydrogens is 248 g/mol. The predicted molar refractivity (Wildman–Crippen MR) is 83.2 cm³/mol. The summed E-state index contributed by atoms with van der Waals surface area (Å²) in [6.45, 7) is 7.07. The maximum atomic E-state index is 6.25. The minimum Gasteiger partial charge on any atom is -0.375 e. The van der Waals surface area contributed by atoms with E-state index in [-0.39, 0.29) is 11.1 Å². The van der Waals surface area contributed by atoms with Gasteiger partial charge in [-0.25, -0.2) is 0 Å². The molecular formula is C17H26N2O. The molecule has 0 saturated carbocycles. The number of rotatable bonds is 3. The Labute approximate surface area is 122 Å². The molecule has 20 heavy (non-hydrogen) atoms. The molecule has 2 unspecified atom stereocenters. The summed E-state index contributed by atoms with van der Waals surface area (Å²) in [6, 6.07) is 8.77. The quantitative estimate of drug-likeness (QED) is 0.921. The molecule has 1 aromatic rings. The minimum atomic E-state index is -0.0326. The number of ether oxygens (including phenoxy) is 1. The molecule has 1 aromatic carbocycles. The van der Waals surface area contributed by atoms with Crippen molar-refractivity contribution < 1.29 is 4.74 Å². The fourth-order valence-corrected chi connectivity index (χ4v) is 3.90. The van der Waals surface area contributed by atoms with Crippen molar-refractivity contribution in [2.45, 2.75) is 50.7 Å². The van der Waals surface area contributed by atoms with Gasteiger partial charge in [0.1, 0.15) is 0 Å². The van der Waals surface area contributed by atoms with Crippen molar-refractivity contribution in [2.24, 2.45) is 5.73 Å². The van der Waals surface area contributed by atoms with Crippen LogP contribution in [0.25, 0.3) is 0 Å². The number of nitrogens with zero attached hydrogens (tertiary/aromatic N) is 1. The van der Waals surface area contributed by atoms with Crippen LogP contribution in [-0.2, 0) is 11.2 Å². The average molecular weight is 274 g/mol. The number of fused-ring (bicyclic) bond motifs is 1. The van der Waals surface area contributed by atoms with Crippen molar-refractivity contribution in [3.63, 3.8) is 0 Å². The predicted octanol–water partition coefficient (Wildman–Crippen LogP) is 2.73. The Kier molecular flexibility index (Phi) is 3.51. The molecule has 0 aromatic heterocycles. The molecule has 3 heteroatoms. The van der Waals surface area contributed by atoms with Crippen LogP contribution in [0.2, 0.25) is 0 Å². The molecule has 2 aliphatic rings. The van der Waals surface area contributed by atoms with E-state index in [0.29, 0.717) is 6.54 Å². The lowest BCUT2D eigenvalue weighted by molar-refractivity contribution is -0.0933. The molecule has 110 valence electrons. The highest BCUT2D eigenvalue weighted by Crippen LogP contribution is 2.43. The standard InChI is InChI=1S/C17H26N2O/c1-3-16(2)12-17(13-18,9-11-20-16)19-10-8-14-6-4-5-7-15(14)19/h4-7H,3,8-13,18H2,1-2H3. The number of para-hydroxylation sites is 1. The number of hydrogen-bond donors (Lipinski definition) is 1. The average Bonchev–Trinajstić information content (AvgIpc) is 2.92. The lowest BCUT2D eigenvalue weighted by atomic mass is 9.78. The Morgan fingerprint density at radius 3 is 2.90 bits per heavy atom. The van der Waals surface area contributed by atoms with Crippen LogP contribution in [0.3, 0.4) is 0 Å². The van der Waals surface area contributed by atoms with E-state index in [1.165, 1.54) is 11.3 Å². The van der Waals surface area contributed by atoms with Gasteiger partial charge in [-0.05, 0) is 37.8 Å². The lowest BCUT2D eigenvalue weighted by Crippen LogP contribution is -2.61. The number of benzene rings is 1. The van der Waals surface area contributed by atoms with E-state index in [0.717, 1.165) is 38.8 Å². The highest BCUT2D eigenvalue weighted by molar-refractivity contribution is 5.60. The van der Waals surface area contributed by atoms with Crippen LogP contribution >= 0.6 is 0 Å². The molecule has 3 rings (SSSR count). The molecule has 2 N–H and O–H groups in total. The Morgan fingerprint density at radius 1 is 1.35 bits per heavy atom. The van der Waals surface area contributed by atoms with Gasteiger partial charge in [0.2, 0.25) is 0 Å². The molecule has 0 bridgehead atoms. The smallest absolute Gasteiger partial charge is 0.0674 e. The van der Waals surface area contributed by atoms with Crippen LogP contribution in [0.4, 0.5) is 5.69 Å². The summed E-state index contributed by atoms with van der Waals surface area (Å²) < 4.78 is 6.04. The zero-order chi connectivity index (χ0) is 14.2. The summed E-state index contributed by atoms with van der Waals surface area (Å²) in [5.74, 6) is 0.